The van der Waals surface area contributed by atoms with Gasteiger partial charge in [-0.25, -0.2) is 4.98 Å². The molecule has 3 rings (SSSR count). The van der Waals surface area contributed by atoms with Gasteiger partial charge in [-0.1, -0.05) is 89.5 Å². The molecule has 0 spiro atoms. The Morgan fingerprint density at radius 1 is 0.839 bits per heavy atom. The first kappa shape index (κ1) is 23.4. The second-order valence-corrected chi connectivity index (χ2v) is 8.77. The normalized spacial score (nSPS) is 12.4. The van der Waals surface area contributed by atoms with E-state index >= 15 is 0 Å². The smallest absolute Gasteiger partial charge is 0.156 e. The molecule has 1 heterocycles. The highest BCUT2D eigenvalue weighted by Crippen LogP contribution is 2.28. The Bertz CT molecular complexity index is 914. The van der Waals surface area contributed by atoms with Gasteiger partial charge in [0.25, 0.3) is 0 Å². The van der Waals surface area contributed by atoms with Gasteiger partial charge in [-0.15, -0.1) is 0 Å². The zero-order chi connectivity index (χ0) is 21.9. The van der Waals surface area contributed by atoms with E-state index in [1.54, 1.807) is 0 Å². The Balaban J connectivity index is 1.64. The Morgan fingerprint density at radius 2 is 1.55 bits per heavy atom. The van der Waals surface area contributed by atoms with Crippen molar-refractivity contribution in [3.63, 3.8) is 0 Å². The van der Waals surface area contributed by atoms with Gasteiger partial charge < -0.3 is 9.30 Å². The highest BCUT2D eigenvalue weighted by atomic mass is 16.5. The predicted molar refractivity (Wildman–Crippen MR) is 132 cm³/mol. The molecule has 1 aromatic heterocycles. The number of hydrogen-bond acceptors (Lipinski definition) is 2. The summed E-state index contributed by atoms with van der Waals surface area (Å²) in [7, 11) is 0. The molecular weight excluding hydrogens is 380 g/mol. The van der Waals surface area contributed by atoms with Gasteiger partial charge in [0.05, 0.1) is 11.0 Å². The van der Waals surface area contributed by atoms with Crippen LogP contribution in [0.2, 0.25) is 0 Å². The molecule has 0 saturated carbocycles. The maximum absolute atomic E-state index is 6.41. The van der Waals surface area contributed by atoms with Crippen LogP contribution in [-0.4, -0.2) is 9.55 Å². The highest BCUT2D eigenvalue weighted by Gasteiger charge is 2.20. The van der Waals surface area contributed by atoms with Crippen LogP contribution in [0.1, 0.15) is 95.5 Å². The fourth-order valence-electron chi connectivity index (χ4n) is 4.33. The molecule has 0 saturated heterocycles. The Morgan fingerprint density at radius 3 is 2.26 bits per heavy atom. The summed E-state index contributed by atoms with van der Waals surface area (Å²) in [4.78, 5) is 5.00. The van der Waals surface area contributed by atoms with Gasteiger partial charge in [-0.3, -0.25) is 0 Å². The lowest BCUT2D eigenvalue weighted by atomic mass is 10.1. The summed E-state index contributed by atoms with van der Waals surface area (Å²) in [5.41, 5.74) is 3.51. The van der Waals surface area contributed by atoms with Crippen molar-refractivity contribution >= 4 is 11.0 Å². The van der Waals surface area contributed by atoms with Crippen LogP contribution in [0, 0.1) is 6.92 Å². The van der Waals surface area contributed by atoms with Crippen LogP contribution in [0.15, 0.2) is 48.5 Å². The number of aromatic nitrogens is 2. The number of aryl methyl sites for hydroxylation is 2. The van der Waals surface area contributed by atoms with Gasteiger partial charge in [-0.2, -0.15) is 0 Å². The maximum atomic E-state index is 6.41. The van der Waals surface area contributed by atoms with Crippen molar-refractivity contribution in [1.29, 1.82) is 0 Å². The average Bonchev–Trinajstić information content (AvgIpc) is 3.15. The number of imidazole rings is 1. The molecular formula is C28H40N2O. The zero-order valence-corrected chi connectivity index (χ0v) is 19.8. The average molecular weight is 421 g/mol. The number of ether oxygens (including phenoxy) is 1. The van der Waals surface area contributed by atoms with Crippen molar-refractivity contribution in [2.75, 3.05) is 0 Å². The molecule has 0 fully saturated rings. The Labute approximate surface area is 188 Å². The summed E-state index contributed by atoms with van der Waals surface area (Å²) < 4.78 is 8.81. The molecule has 31 heavy (non-hydrogen) atoms. The number of rotatable bonds is 14. The maximum Gasteiger partial charge on any atom is 0.156 e. The minimum Gasteiger partial charge on any atom is -0.483 e. The number of fused-ring (bicyclic) bond motifs is 1. The summed E-state index contributed by atoms with van der Waals surface area (Å²) in [6.45, 7) is 7.58. The number of para-hydroxylation sites is 2. The van der Waals surface area contributed by atoms with Crippen molar-refractivity contribution < 1.29 is 4.74 Å². The van der Waals surface area contributed by atoms with E-state index in [0.29, 0.717) is 0 Å². The molecule has 2 aromatic carbocycles. The summed E-state index contributed by atoms with van der Waals surface area (Å²) in [6.07, 6.45) is 13.0. The van der Waals surface area contributed by atoms with Crippen molar-refractivity contribution in [3.8, 4) is 5.75 Å². The second kappa shape index (κ2) is 12.5. The lowest BCUT2D eigenvalue weighted by Crippen LogP contribution is -2.14. The second-order valence-electron chi connectivity index (χ2n) is 8.77. The third kappa shape index (κ3) is 6.85. The molecule has 0 radical (unpaired) electrons. The highest BCUT2D eigenvalue weighted by molar-refractivity contribution is 5.76. The number of unbranched alkanes of at least 4 members (excludes halogenated alkanes) is 8. The van der Waals surface area contributed by atoms with Gasteiger partial charge in [0.15, 0.2) is 11.9 Å². The monoisotopic (exact) mass is 420 g/mol. The van der Waals surface area contributed by atoms with Crippen LogP contribution >= 0.6 is 0 Å². The molecule has 0 aliphatic carbocycles. The molecule has 3 heteroatoms. The lowest BCUT2D eigenvalue weighted by molar-refractivity contribution is 0.186. The summed E-state index contributed by atoms with van der Waals surface area (Å²) in [5.74, 6) is 1.98. The predicted octanol–water partition coefficient (Wildman–Crippen LogP) is 8.41. The Hall–Kier alpha value is -2.29. The van der Waals surface area contributed by atoms with Gasteiger partial charge >= 0.3 is 0 Å². The SMILES string of the molecule is CCCCCCCCCCCn1c(C(CC)Oc2cccc(C)c2)nc2ccccc21. The molecule has 168 valence electrons. The van der Waals surface area contributed by atoms with Crippen LogP contribution in [0.5, 0.6) is 5.75 Å². The first-order valence-corrected chi connectivity index (χ1v) is 12.4. The van der Waals surface area contributed by atoms with Crippen molar-refractivity contribution in [2.45, 2.75) is 97.6 Å². The molecule has 1 unspecified atom stereocenters. The largest absolute Gasteiger partial charge is 0.483 e. The Kier molecular flexibility index (Phi) is 9.45. The van der Waals surface area contributed by atoms with E-state index in [9.17, 15) is 0 Å². The quantitative estimate of drug-likeness (QED) is 0.245. The van der Waals surface area contributed by atoms with Crippen molar-refractivity contribution in [1.82, 2.24) is 9.55 Å². The first-order valence-electron chi connectivity index (χ1n) is 12.4. The van der Waals surface area contributed by atoms with Crippen LogP contribution in [0.25, 0.3) is 11.0 Å². The van der Waals surface area contributed by atoms with Crippen LogP contribution in [0.4, 0.5) is 0 Å². The summed E-state index contributed by atoms with van der Waals surface area (Å²) >= 11 is 0. The van der Waals surface area contributed by atoms with Crippen LogP contribution < -0.4 is 4.74 Å². The van der Waals surface area contributed by atoms with E-state index < -0.39 is 0 Å². The summed E-state index contributed by atoms with van der Waals surface area (Å²) in [5, 5.41) is 0. The van der Waals surface area contributed by atoms with E-state index in [1.807, 2.05) is 6.07 Å². The first-order chi connectivity index (χ1) is 15.2. The molecule has 3 aromatic rings. The zero-order valence-electron chi connectivity index (χ0n) is 19.8. The minimum atomic E-state index is -0.0345. The molecule has 0 aliphatic heterocycles. The number of benzene rings is 2. The number of hydrogen-bond donors (Lipinski definition) is 0. The summed E-state index contributed by atoms with van der Waals surface area (Å²) in [6, 6.07) is 16.8. The van der Waals surface area contributed by atoms with Crippen molar-refractivity contribution in [3.05, 3.63) is 59.9 Å². The van der Waals surface area contributed by atoms with E-state index in [0.717, 1.165) is 30.1 Å². The van der Waals surface area contributed by atoms with E-state index in [-0.39, 0.29) is 6.10 Å². The minimum absolute atomic E-state index is 0.0345. The molecule has 3 nitrogen and oxygen atoms in total. The fourth-order valence-corrected chi connectivity index (χ4v) is 4.33. The third-order valence-corrected chi connectivity index (χ3v) is 6.10. The lowest BCUT2D eigenvalue weighted by Gasteiger charge is -2.19. The fraction of sp³-hybridized carbons (Fsp3) is 0.536. The molecule has 0 aliphatic rings. The van der Waals surface area contributed by atoms with Crippen LogP contribution in [0.3, 0.4) is 0 Å². The standard InChI is InChI=1S/C28H40N2O/c1-4-6-7-8-9-10-11-12-15-21-30-26-20-14-13-19-25(26)29-28(30)27(5-2)31-24-18-16-17-23(3)22-24/h13-14,16-20,22,27H,4-12,15,21H2,1-3H3. The van der Waals surface area contributed by atoms with Crippen molar-refractivity contribution in [2.24, 2.45) is 0 Å². The van der Waals surface area contributed by atoms with Gasteiger partial charge in [0, 0.05) is 6.54 Å². The molecule has 0 amide bonds. The van der Waals surface area contributed by atoms with Crippen LogP contribution in [-0.2, 0) is 6.54 Å². The molecule has 0 N–H and O–H groups in total. The molecule has 0 bridgehead atoms. The van der Waals surface area contributed by atoms with E-state index in [1.165, 1.54) is 68.9 Å². The van der Waals surface area contributed by atoms with E-state index in [2.05, 4.69) is 67.8 Å². The molecule has 1 atom stereocenters. The third-order valence-electron chi connectivity index (χ3n) is 6.10. The van der Waals surface area contributed by atoms with Gasteiger partial charge in [-0.05, 0) is 49.6 Å². The van der Waals surface area contributed by atoms with Gasteiger partial charge in [0.2, 0.25) is 0 Å². The van der Waals surface area contributed by atoms with Gasteiger partial charge in [0.1, 0.15) is 5.75 Å². The van der Waals surface area contributed by atoms with E-state index in [4.69, 9.17) is 9.72 Å². The number of nitrogens with zero attached hydrogens (tertiary/aromatic N) is 2. The topological polar surface area (TPSA) is 27.1 Å².